The van der Waals surface area contributed by atoms with E-state index in [4.69, 9.17) is 0 Å². The van der Waals surface area contributed by atoms with Gasteiger partial charge in [-0.2, -0.15) is 0 Å². The first kappa shape index (κ1) is 16.6. The van der Waals surface area contributed by atoms with Gasteiger partial charge in [-0.1, -0.05) is 18.2 Å². The maximum Gasteiger partial charge on any atom is 0.253 e. The van der Waals surface area contributed by atoms with Crippen molar-refractivity contribution in [2.75, 3.05) is 46.8 Å². The van der Waals surface area contributed by atoms with Crippen LogP contribution in [-0.2, 0) is 4.79 Å². The molecule has 4 rings (SSSR count). The van der Waals surface area contributed by atoms with Gasteiger partial charge in [0, 0.05) is 55.5 Å². The van der Waals surface area contributed by atoms with Gasteiger partial charge in [-0.05, 0) is 39.1 Å². The van der Waals surface area contributed by atoms with Crippen LogP contribution in [-0.4, -0.2) is 73.3 Å². The number of likely N-dealkylation sites (tertiary alicyclic amines) is 2. The predicted molar refractivity (Wildman–Crippen MR) is 96.1 cm³/mol. The summed E-state index contributed by atoms with van der Waals surface area (Å²) < 4.78 is 0. The summed E-state index contributed by atoms with van der Waals surface area (Å²) in [5.41, 5.74) is 0.770. The lowest BCUT2D eigenvalue weighted by Crippen LogP contribution is -2.44. The molecule has 0 spiro atoms. The first-order chi connectivity index (χ1) is 12.0. The van der Waals surface area contributed by atoms with Crippen molar-refractivity contribution in [1.29, 1.82) is 0 Å². The van der Waals surface area contributed by atoms with Crippen molar-refractivity contribution in [3.8, 4) is 0 Å². The lowest BCUT2D eigenvalue weighted by molar-refractivity contribution is -0.132. The SMILES string of the molecule is CN(C)C[C@@]12CN(C(=O)c3ccccc3)C[C@@H]1CN(C(=O)C1CC1)C2. The number of hydrogen-bond donors (Lipinski definition) is 0. The average molecular weight is 341 g/mol. The van der Waals surface area contributed by atoms with Gasteiger partial charge in [-0.25, -0.2) is 0 Å². The van der Waals surface area contributed by atoms with Gasteiger partial charge < -0.3 is 14.7 Å². The lowest BCUT2D eigenvalue weighted by atomic mass is 9.80. The molecule has 1 aromatic rings. The first-order valence-corrected chi connectivity index (χ1v) is 9.26. The molecule has 134 valence electrons. The minimum atomic E-state index is 0.0124. The van der Waals surface area contributed by atoms with E-state index in [1.165, 1.54) is 0 Å². The van der Waals surface area contributed by atoms with E-state index in [9.17, 15) is 9.59 Å². The number of fused-ring (bicyclic) bond motifs is 1. The van der Waals surface area contributed by atoms with Gasteiger partial charge in [0.05, 0.1) is 0 Å². The number of rotatable bonds is 4. The molecule has 0 radical (unpaired) electrons. The van der Waals surface area contributed by atoms with Gasteiger partial charge >= 0.3 is 0 Å². The second-order valence-corrected chi connectivity index (χ2v) is 8.34. The van der Waals surface area contributed by atoms with E-state index >= 15 is 0 Å². The van der Waals surface area contributed by atoms with E-state index < -0.39 is 0 Å². The molecule has 0 bridgehead atoms. The normalized spacial score (nSPS) is 28.5. The highest BCUT2D eigenvalue weighted by atomic mass is 16.2. The largest absolute Gasteiger partial charge is 0.341 e. The Labute approximate surface area is 149 Å². The molecule has 3 aliphatic rings. The van der Waals surface area contributed by atoms with Crippen molar-refractivity contribution in [3.05, 3.63) is 35.9 Å². The summed E-state index contributed by atoms with van der Waals surface area (Å²) in [7, 11) is 4.16. The summed E-state index contributed by atoms with van der Waals surface area (Å²) in [6.07, 6.45) is 2.11. The van der Waals surface area contributed by atoms with E-state index in [0.717, 1.165) is 51.1 Å². The molecule has 1 saturated carbocycles. The molecule has 2 aliphatic heterocycles. The van der Waals surface area contributed by atoms with E-state index in [-0.39, 0.29) is 17.2 Å². The standard InChI is InChI=1S/C20H27N3O2/c1-21(2)12-20-13-22(18(24)15-6-4-3-5-7-15)10-17(20)11-23(14-20)19(25)16-8-9-16/h3-7,16-17H,8-14H2,1-2H3/t17-,20+/m1/s1. The van der Waals surface area contributed by atoms with Crippen LogP contribution >= 0.6 is 0 Å². The molecular weight excluding hydrogens is 314 g/mol. The average Bonchev–Trinajstić information content (AvgIpc) is 3.30. The fraction of sp³-hybridized carbons (Fsp3) is 0.600. The molecule has 2 atom stereocenters. The van der Waals surface area contributed by atoms with Crippen LogP contribution in [0.3, 0.4) is 0 Å². The summed E-state index contributed by atoms with van der Waals surface area (Å²) in [6, 6.07) is 9.53. The molecule has 1 aliphatic carbocycles. The summed E-state index contributed by atoms with van der Waals surface area (Å²) in [6.45, 7) is 4.03. The highest BCUT2D eigenvalue weighted by molar-refractivity contribution is 5.94. The third-order valence-electron chi connectivity index (χ3n) is 5.94. The molecule has 2 saturated heterocycles. The Hall–Kier alpha value is -1.88. The van der Waals surface area contributed by atoms with Crippen LogP contribution in [0.4, 0.5) is 0 Å². The van der Waals surface area contributed by atoms with Crippen LogP contribution in [0, 0.1) is 17.3 Å². The van der Waals surface area contributed by atoms with Crippen LogP contribution in [0.15, 0.2) is 30.3 Å². The number of carbonyl (C=O) groups excluding carboxylic acids is 2. The summed E-state index contributed by atoms with van der Waals surface area (Å²) in [5.74, 6) is 1.12. The molecule has 2 heterocycles. The topological polar surface area (TPSA) is 43.9 Å². The fourth-order valence-corrected chi connectivity index (χ4v) is 4.71. The zero-order valence-corrected chi connectivity index (χ0v) is 15.1. The molecule has 0 aromatic heterocycles. The van der Waals surface area contributed by atoms with Crippen molar-refractivity contribution >= 4 is 11.8 Å². The molecular formula is C20H27N3O2. The Morgan fingerprint density at radius 2 is 1.72 bits per heavy atom. The summed E-state index contributed by atoms with van der Waals surface area (Å²) >= 11 is 0. The summed E-state index contributed by atoms with van der Waals surface area (Å²) in [4.78, 5) is 31.7. The van der Waals surface area contributed by atoms with Gasteiger partial charge in [-0.15, -0.1) is 0 Å². The van der Waals surface area contributed by atoms with Gasteiger partial charge in [0.15, 0.2) is 0 Å². The van der Waals surface area contributed by atoms with E-state index in [0.29, 0.717) is 11.8 Å². The first-order valence-electron chi connectivity index (χ1n) is 9.26. The summed E-state index contributed by atoms with van der Waals surface area (Å²) in [5, 5.41) is 0. The van der Waals surface area contributed by atoms with Crippen molar-refractivity contribution < 1.29 is 9.59 Å². The highest BCUT2D eigenvalue weighted by Gasteiger charge is 2.55. The molecule has 2 amide bonds. The Balaban J connectivity index is 1.52. The number of nitrogens with zero attached hydrogens (tertiary/aromatic N) is 3. The number of carbonyl (C=O) groups is 2. The Morgan fingerprint density at radius 1 is 1.08 bits per heavy atom. The van der Waals surface area contributed by atoms with Crippen molar-refractivity contribution in [2.24, 2.45) is 17.3 Å². The third-order valence-corrected chi connectivity index (χ3v) is 5.94. The molecule has 0 N–H and O–H groups in total. The van der Waals surface area contributed by atoms with E-state index in [2.05, 4.69) is 23.9 Å². The molecule has 25 heavy (non-hydrogen) atoms. The number of hydrogen-bond acceptors (Lipinski definition) is 3. The Bertz CT molecular complexity index is 671. The number of amides is 2. The smallest absolute Gasteiger partial charge is 0.253 e. The zero-order valence-electron chi connectivity index (χ0n) is 15.1. The monoisotopic (exact) mass is 341 g/mol. The number of benzene rings is 1. The van der Waals surface area contributed by atoms with E-state index in [1.54, 1.807) is 0 Å². The fourth-order valence-electron chi connectivity index (χ4n) is 4.71. The van der Waals surface area contributed by atoms with Crippen LogP contribution in [0.1, 0.15) is 23.2 Å². The van der Waals surface area contributed by atoms with Crippen molar-refractivity contribution in [1.82, 2.24) is 14.7 Å². The van der Waals surface area contributed by atoms with Crippen molar-refractivity contribution in [2.45, 2.75) is 12.8 Å². The maximum atomic E-state index is 12.9. The van der Waals surface area contributed by atoms with Crippen LogP contribution in [0.25, 0.3) is 0 Å². The van der Waals surface area contributed by atoms with Gasteiger partial charge in [0.2, 0.25) is 5.91 Å². The minimum absolute atomic E-state index is 0.0124. The second kappa shape index (κ2) is 6.13. The van der Waals surface area contributed by atoms with Crippen LogP contribution < -0.4 is 0 Å². The van der Waals surface area contributed by atoms with Gasteiger partial charge in [0.25, 0.3) is 5.91 Å². The molecule has 3 fully saturated rings. The van der Waals surface area contributed by atoms with E-state index in [1.807, 2.05) is 35.2 Å². The molecule has 0 unspecified atom stereocenters. The third kappa shape index (κ3) is 3.06. The molecule has 1 aromatic carbocycles. The molecule has 5 nitrogen and oxygen atoms in total. The van der Waals surface area contributed by atoms with Gasteiger partial charge in [-0.3, -0.25) is 9.59 Å². The van der Waals surface area contributed by atoms with Crippen molar-refractivity contribution in [3.63, 3.8) is 0 Å². The Morgan fingerprint density at radius 3 is 2.36 bits per heavy atom. The highest BCUT2D eigenvalue weighted by Crippen LogP contribution is 2.45. The predicted octanol–water partition coefficient (Wildman–Crippen LogP) is 1.56. The van der Waals surface area contributed by atoms with Gasteiger partial charge in [0.1, 0.15) is 0 Å². The Kier molecular flexibility index (Phi) is 4.07. The van der Waals surface area contributed by atoms with Crippen LogP contribution in [0.5, 0.6) is 0 Å². The van der Waals surface area contributed by atoms with Crippen LogP contribution in [0.2, 0.25) is 0 Å². The molecule has 5 heteroatoms. The maximum absolute atomic E-state index is 12.9. The lowest BCUT2D eigenvalue weighted by Gasteiger charge is -2.32. The zero-order chi connectivity index (χ0) is 17.6. The second-order valence-electron chi connectivity index (χ2n) is 8.34. The minimum Gasteiger partial charge on any atom is -0.341 e. The quantitative estimate of drug-likeness (QED) is 0.835.